The summed E-state index contributed by atoms with van der Waals surface area (Å²) >= 11 is 0. The van der Waals surface area contributed by atoms with Crippen LogP contribution >= 0.6 is 0 Å². The molecule has 0 saturated carbocycles. The number of benzene rings is 1. The van der Waals surface area contributed by atoms with Gasteiger partial charge >= 0.3 is 0 Å². The normalized spacial score (nSPS) is 10.5. The Kier molecular flexibility index (Phi) is 4.25. The standard InChI is InChI=1S/C14H16N2O2/c17-10-4-7-13-8-9-14(18)16(15-13)11-12-5-2-1-3-6-12/h1-3,5-6,8-9,17H,4,7,10-11H2. The van der Waals surface area contributed by atoms with E-state index in [1.54, 1.807) is 6.07 Å². The van der Waals surface area contributed by atoms with Crippen LogP contribution in [0.3, 0.4) is 0 Å². The Bertz CT molecular complexity index is 549. The first-order valence-corrected chi connectivity index (χ1v) is 6.01. The molecule has 94 valence electrons. The van der Waals surface area contributed by atoms with E-state index in [1.165, 1.54) is 10.7 Å². The minimum atomic E-state index is -0.105. The van der Waals surface area contributed by atoms with Crippen molar-refractivity contribution in [3.8, 4) is 0 Å². The lowest BCUT2D eigenvalue weighted by molar-refractivity contribution is 0.287. The summed E-state index contributed by atoms with van der Waals surface area (Å²) in [4.78, 5) is 11.7. The molecular formula is C14H16N2O2. The second-order valence-corrected chi connectivity index (χ2v) is 4.13. The van der Waals surface area contributed by atoms with Crippen LogP contribution in [0.1, 0.15) is 17.7 Å². The molecular weight excluding hydrogens is 228 g/mol. The molecule has 1 aromatic carbocycles. The van der Waals surface area contributed by atoms with Gasteiger partial charge in [0.25, 0.3) is 5.56 Å². The average molecular weight is 244 g/mol. The van der Waals surface area contributed by atoms with Crippen LogP contribution in [0.4, 0.5) is 0 Å². The third-order valence-corrected chi connectivity index (χ3v) is 2.69. The number of aryl methyl sites for hydroxylation is 1. The third-order valence-electron chi connectivity index (χ3n) is 2.69. The third kappa shape index (κ3) is 3.28. The summed E-state index contributed by atoms with van der Waals surface area (Å²) in [5, 5.41) is 13.1. The van der Waals surface area contributed by atoms with Crippen LogP contribution in [0.5, 0.6) is 0 Å². The SMILES string of the molecule is O=c1ccc(CCCO)nn1Cc1ccccc1. The van der Waals surface area contributed by atoms with Crippen molar-refractivity contribution in [1.82, 2.24) is 9.78 Å². The Morgan fingerprint density at radius 3 is 2.61 bits per heavy atom. The Morgan fingerprint density at radius 2 is 1.89 bits per heavy atom. The Morgan fingerprint density at radius 1 is 1.11 bits per heavy atom. The molecule has 0 amide bonds. The summed E-state index contributed by atoms with van der Waals surface area (Å²) < 4.78 is 1.46. The second kappa shape index (κ2) is 6.12. The van der Waals surface area contributed by atoms with Crippen LogP contribution in [0, 0.1) is 0 Å². The summed E-state index contributed by atoms with van der Waals surface area (Å²) in [5.41, 5.74) is 1.78. The number of aromatic nitrogens is 2. The Hall–Kier alpha value is -1.94. The van der Waals surface area contributed by atoms with Gasteiger partial charge in [-0.2, -0.15) is 5.10 Å². The van der Waals surface area contributed by atoms with Gasteiger partial charge in [0.2, 0.25) is 0 Å². The maximum Gasteiger partial charge on any atom is 0.267 e. The summed E-state index contributed by atoms with van der Waals surface area (Å²) in [6, 6.07) is 13.0. The molecule has 0 saturated heterocycles. The highest BCUT2D eigenvalue weighted by molar-refractivity contribution is 5.15. The molecule has 0 aliphatic rings. The van der Waals surface area contributed by atoms with Crippen LogP contribution < -0.4 is 5.56 Å². The van der Waals surface area contributed by atoms with Crippen LogP contribution in [0.2, 0.25) is 0 Å². The van der Waals surface area contributed by atoms with Crippen molar-refractivity contribution in [1.29, 1.82) is 0 Å². The van der Waals surface area contributed by atoms with Crippen molar-refractivity contribution < 1.29 is 5.11 Å². The zero-order chi connectivity index (χ0) is 12.8. The quantitative estimate of drug-likeness (QED) is 0.860. The van der Waals surface area contributed by atoms with Gasteiger partial charge < -0.3 is 5.11 Å². The summed E-state index contributed by atoms with van der Waals surface area (Å²) in [5.74, 6) is 0. The highest BCUT2D eigenvalue weighted by Crippen LogP contribution is 2.01. The van der Waals surface area contributed by atoms with Gasteiger partial charge in [-0.1, -0.05) is 30.3 Å². The van der Waals surface area contributed by atoms with Crippen LogP contribution in [0.15, 0.2) is 47.3 Å². The summed E-state index contributed by atoms with van der Waals surface area (Å²) in [7, 11) is 0. The van der Waals surface area contributed by atoms with E-state index in [1.807, 2.05) is 30.3 Å². The summed E-state index contributed by atoms with van der Waals surface area (Å²) in [6.07, 6.45) is 1.35. The van der Waals surface area contributed by atoms with Gasteiger partial charge in [-0.3, -0.25) is 4.79 Å². The van der Waals surface area contributed by atoms with E-state index in [4.69, 9.17) is 5.11 Å². The minimum absolute atomic E-state index is 0.105. The molecule has 0 atom stereocenters. The maximum atomic E-state index is 11.7. The molecule has 4 heteroatoms. The average Bonchev–Trinajstić information content (AvgIpc) is 2.41. The Labute approximate surface area is 106 Å². The molecule has 1 heterocycles. The van der Waals surface area contributed by atoms with Crippen molar-refractivity contribution in [2.75, 3.05) is 6.61 Å². The van der Waals surface area contributed by atoms with Gasteiger partial charge in [-0.15, -0.1) is 0 Å². The zero-order valence-electron chi connectivity index (χ0n) is 10.1. The lowest BCUT2D eigenvalue weighted by Crippen LogP contribution is -2.23. The van der Waals surface area contributed by atoms with E-state index < -0.39 is 0 Å². The molecule has 0 aliphatic heterocycles. The van der Waals surface area contributed by atoms with Gasteiger partial charge in [0.1, 0.15) is 0 Å². The van der Waals surface area contributed by atoms with Gasteiger partial charge in [0.05, 0.1) is 12.2 Å². The minimum Gasteiger partial charge on any atom is -0.396 e. The molecule has 2 rings (SSSR count). The van der Waals surface area contributed by atoms with Crippen LogP contribution in [-0.2, 0) is 13.0 Å². The van der Waals surface area contributed by atoms with E-state index in [9.17, 15) is 4.79 Å². The molecule has 4 nitrogen and oxygen atoms in total. The fraction of sp³-hybridized carbons (Fsp3) is 0.286. The van der Waals surface area contributed by atoms with Crippen molar-refractivity contribution >= 4 is 0 Å². The number of aliphatic hydroxyl groups excluding tert-OH is 1. The second-order valence-electron chi connectivity index (χ2n) is 4.13. The van der Waals surface area contributed by atoms with E-state index in [0.717, 1.165) is 11.3 Å². The molecule has 18 heavy (non-hydrogen) atoms. The van der Waals surface area contributed by atoms with E-state index >= 15 is 0 Å². The van der Waals surface area contributed by atoms with Crippen molar-refractivity contribution in [3.05, 3.63) is 64.1 Å². The van der Waals surface area contributed by atoms with Crippen LogP contribution in [0.25, 0.3) is 0 Å². The smallest absolute Gasteiger partial charge is 0.267 e. The van der Waals surface area contributed by atoms with Gasteiger partial charge in [0, 0.05) is 12.7 Å². The molecule has 0 aliphatic carbocycles. The van der Waals surface area contributed by atoms with E-state index in [-0.39, 0.29) is 12.2 Å². The largest absolute Gasteiger partial charge is 0.396 e. The number of nitrogens with zero attached hydrogens (tertiary/aromatic N) is 2. The van der Waals surface area contributed by atoms with Crippen LogP contribution in [-0.4, -0.2) is 21.5 Å². The van der Waals surface area contributed by atoms with Gasteiger partial charge in [-0.05, 0) is 24.5 Å². The monoisotopic (exact) mass is 244 g/mol. The first-order chi connectivity index (χ1) is 8.79. The first-order valence-electron chi connectivity index (χ1n) is 6.01. The highest BCUT2D eigenvalue weighted by Gasteiger charge is 2.01. The fourth-order valence-electron chi connectivity index (χ4n) is 1.75. The number of hydrogen-bond acceptors (Lipinski definition) is 3. The summed E-state index contributed by atoms with van der Waals surface area (Å²) in [6.45, 7) is 0.617. The molecule has 1 aromatic heterocycles. The predicted molar refractivity (Wildman–Crippen MR) is 69.4 cm³/mol. The lowest BCUT2D eigenvalue weighted by Gasteiger charge is -2.06. The molecule has 1 N–H and O–H groups in total. The van der Waals surface area contributed by atoms with Gasteiger partial charge in [-0.25, -0.2) is 4.68 Å². The predicted octanol–water partition coefficient (Wildman–Crippen LogP) is 1.22. The maximum absolute atomic E-state index is 11.7. The highest BCUT2D eigenvalue weighted by atomic mass is 16.2. The molecule has 0 radical (unpaired) electrons. The fourth-order valence-corrected chi connectivity index (χ4v) is 1.75. The molecule has 0 spiro atoms. The topological polar surface area (TPSA) is 55.1 Å². The lowest BCUT2D eigenvalue weighted by atomic mass is 10.2. The zero-order valence-corrected chi connectivity index (χ0v) is 10.1. The first kappa shape index (κ1) is 12.5. The van der Waals surface area contributed by atoms with Crippen molar-refractivity contribution in [2.45, 2.75) is 19.4 Å². The number of hydrogen-bond donors (Lipinski definition) is 1. The van der Waals surface area contributed by atoms with Gasteiger partial charge in [0.15, 0.2) is 0 Å². The Balaban J connectivity index is 2.19. The number of rotatable bonds is 5. The van der Waals surface area contributed by atoms with Crippen molar-refractivity contribution in [3.63, 3.8) is 0 Å². The molecule has 2 aromatic rings. The molecule has 0 bridgehead atoms. The molecule has 0 fully saturated rings. The van der Waals surface area contributed by atoms with E-state index in [0.29, 0.717) is 19.4 Å². The molecule has 0 unspecified atom stereocenters. The van der Waals surface area contributed by atoms with E-state index in [2.05, 4.69) is 5.10 Å². The van der Waals surface area contributed by atoms with Crippen molar-refractivity contribution in [2.24, 2.45) is 0 Å². The number of aliphatic hydroxyl groups is 1.